The van der Waals surface area contributed by atoms with E-state index in [1.807, 2.05) is 0 Å². The monoisotopic (exact) mass is 167 g/mol. The van der Waals surface area contributed by atoms with Crippen molar-refractivity contribution in [3.63, 3.8) is 0 Å². The Hall–Kier alpha value is -1.74. The first-order chi connectivity index (χ1) is 5.70. The smallest absolute Gasteiger partial charge is 0.187 e. The normalized spacial score (nSPS) is 9.67. The highest BCUT2D eigenvalue weighted by Gasteiger charge is 2.10. The second-order valence-electron chi connectivity index (χ2n) is 2.21. The van der Waals surface area contributed by atoms with Crippen LogP contribution in [0.3, 0.4) is 0 Å². The molecule has 1 rings (SSSR count). The van der Waals surface area contributed by atoms with Gasteiger partial charge in [0, 0.05) is 0 Å². The van der Waals surface area contributed by atoms with Crippen molar-refractivity contribution in [2.24, 2.45) is 0 Å². The quantitative estimate of drug-likeness (QED) is 0.518. The van der Waals surface area contributed by atoms with Gasteiger partial charge in [-0.1, -0.05) is 0 Å². The fourth-order valence-corrected chi connectivity index (χ4v) is 0.837. The van der Waals surface area contributed by atoms with Gasteiger partial charge in [0.15, 0.2) is 5.69 Å². The standard InChI is InChI=1S/C6H9N5O/c7-3-4-5(8)6(9)11(10-4)1-2-12/h12H,1-2,8-9H2. The van der Waals surface area contributed by atoms with Crippen LogP contribution in [-0.2, 0) is 6.54 Å². The molecule has 0 bridgehead atoms. The molecule has 0 radical (unpaired) electrons. The van der Waals surface area contributed by atoms with Gasteiger partial charge in [0.2, 0.25) is 0 Å². The minimum Gasteiger partial charge on any atom is -0.394 e. The van der Waals surface area contributed by atoms with Crippen LogP contribution in [0.1, 0.15) is 5.69 Å². The maximum atomic E-state index is 8.58. The predicted molar refractivity (Wildman–Crippen MR) is 42.9 cm³/mol. The number of nitriles is 1. The van der Waals surface area contributed by atoms with E-state index in [0.717, 1.165) is 0 Å². The molecular formula is C6H9N5O. The van der Waals surface area contributed by atoms with Gasteiger partial charge < -0.3 is 16.6 Å². The highest BCUT2D eigenvalue weighted by atomic mass is 16.3. The lowest BCUT2D eigenvalue weighted by Crippen LogP contribution is -2.08. The Kier molecular flexibility index (Phi) is 2.16. The van der Waals surface area contributed by atoms with Gasteiger partial charge in [0.25, 0.3) is 0 Å². The van der Waals surface area contributed by atoms with Crippen molar-refractivity contribution in [3.05, 3.63) is 5.69 Å². The van der Waals surface area contributed by atoms with E-state index in [1.54, 1.807) is 6.07 Å². The number of nitrogens with two attached hydrogens (primary N) is 2. The number of nitrogen functional groups attached to an aromatic ring is 2. The number of anilines is 2. The van der Waals surface area contributed by atoms with Gasteiger partial charge in [-0.3, -0.25) is 0 Å². The molecule has 1 heterocycles. The van der Waals surface area contributed by atoms with Gasteiger partial charge in [-0.25, -0.2) is 4.68 Å². The van der Waals surface area contributed by atoms with Crippen molar-refractivity contribution in [2.45, 2.75) is 6.54 Å². The largest absolute Gasteiger partial charge is 0.394 e. The Morgan fingerprint density at radius 1 is 1.58 bits per heavy atom. The van der Waals surface area contributed by atoms with E-state index in [0.29, 0.717) is 0 Å². The Labute approximate surface area is 69.0 Å². The van der Waals surface area contributed by atoms with Crippen LogP contribution >= 0.6 is 0 Å². The van der Waals surface area contributed by atoms with E-state index in [-0.39, 0.29) is 30.4 Å². The summed E-state index contributed by atoms with van der Waals surface area (Å²) in [5.74, 6) is 0.223. The maximum absolute atomic E-state index is 8.58. The molecular weight excluding hydrogens is 158 g/mol. The molecule has 12 heavy (non-hydrogen) atoms. The second kappa shape index (κ2) is 3.11. The molecule has 0 aliphatic heterocycles. The van der Waals surface area contributed by atoms with Crippen LogP contribution in [0, 0.1) is 11.3 Å². The van der Waals surface area contributed by atoms with Gasteiger partial charge in [-0.05, 0) is 0 Å². The summed E-state index contributed by atoms with van der Waals surface area (Å²) in [5, 5.41) is 20.8. The fourth-order valence-electron chi connectivity index (χ4n) is 0.837. The molecule has 0 spiro atoms. The molecule has 64 valence electrons. The molecule has 1 aromatic rings. The van der Waals surface area contributed by atoms with Crippen LogP contribution in [0.2, 0.25) is 0 Å². The number of nitrogens with zero attached hydrogens (tertiary/aromatic N) is 3. The van der Waals surface area contributed by atoms with Crippen LogP contribution < -0.4 is 11.5 Å². The van der Waals surface area contributed by atoms with Crippen molar-refractivity contribution >= 4 is 11.5 Å². The zero-order valence-electron chi connectivity index (χ0n) is 6.36. The van der Waals surface area contributed by atoms with Crippen molar-refractivity contribution in [3.8, 4) is 6.07 Å². The molecule has 0 saturated heterocycles. The molecule has 5 N–H and O–H groups in total. The van der Waals surface area contributed by atoms with E-state index >= 15 is 0 Å². The summed E-state index contributed by atoms with van der Waals surface area (Å²) in [4.78, 5) is 0. The third-order valence-corrected chi connectivity index (χ3v) is 1.45. The Morgan fingerprint density at radius 3 is 2.67 bits per heavy atom. The van der Waals surface area contributed by atoms with Gasteiger partial charge in [0.1, 0.15) is 17.6 Å². The minimum absolute atomic E-state index is 0.0871. The van der Waals surface area contributed by atoms with E-state index in [4.69, 9.17) is 21.8 Å². The maximum Gasteiger partial charge on any atom is 0.187 e. The summed E-state index contributed by atoms with van der Waals surface area (Å²) >= 11 is 0. The summed E-state index contributed by atoms with van der Waals surface area (Å²) < 4.78 is 1.30. The first kappa shape index (κ1) is 8.36. The SMILES string of the molecule is N#Cc1nn(CCO)c(N)c1N. The van der Waals surface area contributed by atoms with Crippen molar-refractivity contribution < 1.29 is 5.11 Å². The van der Waals surface area contributed by atoms with Crippen LogP contribution in [0.15, 0.2) is 0 Å². The predicted octanol–water partition coefficient (Wildman–Crippen LogP) is -1.09. The molecule has 0 aliphatic rings. The number of aromatic nitrogens is 2. The summed E-state index contributed by atoms with van der Waals surface area (Å²) in [6, 6.07) is 1.80. The summed E-state index contributed by atoms with van der Waals surface area (Å²) in [7, 11) is 0. The third kappa shape index (κ3) is 1.17. The highest BCUT2D eigenvalue weighted by molar-refractivity contribution is 5.65. The first-order valence-corrected chi connectivity index (χ1v) is 3.33. The highest BCUT2D eigenvalue weighted by Crippen LogP contribution is 2.17. The van der Waals surface area contributed by atoms with Crippen LogP contribution in [0.5, 0.6) is 0 Å². The molecule has 0 amide bonds. The lowest BCUT2D eigenvalue weighted by atomic mass is 10.4. The summed E-state index contributed by atoms with van der Waals surface area (Å²) in [6.45, 7) is 0.161. The van der Waals surface area contributed by atoms with Crippen LogP contribution in [0.4, 0.5) is 11.5 Å². The Bertz CT molecular complexity index is 323. The second-order valence-corrected chi connectivity index (χ2v) is 2.21. The Balaban J connectivity index is 3.09. The Morgan fingerprint density at radius 2 is 2.25 bits per heavy atom. The van der Waals surface area contributed by atoms with Crippen molar-refractivity contribution in [2.75, 3.05) is 18.1 Å². The van der Waals surface area contributed by atoms with Crippen LogP contribution in [0.25, 0.3) is 0 Å². The number of aliphatic hydroxyl groups is 1. The molecule has 0 fully saturated rings. The molecule has 1 aromatic heterocycles. The molecule has 0 aromatic carbocycles. The van der Waals surface area contributed by atoms with Gasteiger partial charge in [-0.2, -0.15) is 10.4 Å². The molecule has 0 unspecified atom stereocenters. The molecule has 0 saturated carbocycles. The average Bonchev–Trinajstić information content (AvgIpc) is 2.33. The number of hydrogen-bond acceptors (Lipinski definition) is 5. The number of aliphatic hydroxyl groups excluding tert-OH is 1. The zero-order chi connectivity index (χ0) is 9.14. The lowest BCUT2D eigenvalue weighted by molar-refractivity contribution is 0.270. The van der Waals surface area contributed by atoms with Gasteiger partial charge >= 0.3 is 0 Å². The zero-order valence-corrected chi connectivity index (χ0v) is 6.36. The van der Waals surface area contributed by atoms with E-state index in [1.165, 1.54) is 4.68 Å². The van der Waals surface area contributed by atoms with E-state index < -0.39 is 0 Å². The van der Waals surface area contributed by atoms with Crippen molar-refractivity contribution in [1.29, 1.82) is 5.26 Å². The molecule has 0 atom stereocenters. The minimum atomic E-state index is -0.0871. The number of hydrogen-bond donors (Lipinski definition) is 3. The molecule has 6 nitrogen and oxygen atoms in total. The van der Waals surface area contributed by atoms with E-state index in [9.17, 15) is 0 Å². The average molecular weight is 167 g/mol. The van der Waals surface area contributed by atoms with E-state index in [2.05, 4.69) is 5.10 Å². The van der Waals surface area contributed by atoms with Crippen LogP contribution in [-0.4, -0.2) is 21.5 Å². The lowest BCUT2D eigenvalue weighted by Gasteiger charge is -1.98. The summed E-state index contributed by atoms with van der Waals surface area (Å²) in [6.07, 6.45) is 0. The fraction of sp³-hybridized carbons (Fsp3) is 0.333. The molecule has 0 aliphatic carbocycles. The number of rotatable bonds is 2. The van der Waals surface area contributed by atoms with Gasteiger partial charge in [0.05, 0.1) is 13.2 Å². The third-order valence-electron chi connectivity index (χ3n) is 1.45. The molecule has 6 heteroatoms. The van der Waals surface area contributed by atoms with Gasteiger partial charge in [-0.15, -0.1) is 0 Å². The summed E-state index contributed by atoms with van der Waals surface area (Å²) in [5.41, 5.74) is 11.2. The topological polar surface area (TPSA) is 114 Å². The van der Waals surface area contributed by atoms with Crippen molar-refractivity contribution in [1.82, 2.24) is 9.78 Å². The first-order valence-electron chi connectivity index (χ1n) is 3.33.